The number of hydrogen-bond acceptors (Lipinski definition) is 3. The molecule has 0 saturated heterocycles. The summed E-state index contributed by atoms with van der Waals surface area (Å²) in [6, 6.07) is 8.45. The molecule has 0 fully saturated rings. The van der Waals surface area contributed by atoms with Crippen LogP contribution in [0.1, 0.15) is 42.4 Å². The highest BCUT2D eigenvalue weighted by Gasteiger charge is 2.16. The Hall–Kier alpha value is -1.81. The fraction of sp³-hybridized carbons (Fsp3) is 0.471. The molecule has 0 bridgehead atoms. The summed E-state index contributed by atoms with van der Waals surface area (Å²) in [5, 5.41) is 8.17. The van der Waals surface area contributed by atoms with Crippen LogP contribution < -0.4 is 10.1 Å². The van der Waals surface area contributed by atoms with Crippen LogP contribution in [0.25, 0.3) is 0 Å². The van der Waals surface area contributed by atoms with Crippen molar-refractivity contribution in [2.45, 2.75) is 46.8 Å². The Kier molecular flexibility index (Phi) is 5.02. The molecule has 0 aliphatic carbocycles. The van der Waals surface area contributed by atoms with Gasteiger partial charge in [-0.05, 0) is 45.4 Å². The third kappa shape index (κ3) is 3.45. The maximum atomic E-state index is 5.18. The summed E-state index contributed by atoms with van der Waals surface area (Å²) in [6.45, 7) is 10.3. The van der Waals surface area contributed by atoms with E-state index >= 15 is 0 Å². The van der Waals surface area contributed by atoms with Gasteiger partial charge in [-0.2, -0.15) is 5.10 Å². The lowest BCUT2D eigenvalue weighted by molar-refractivity contribution is 0.414. The van der Waals surface area contributed by atoms with Gasteiger partial charge >= 0.3 is 0 Å². The summed E-state index contributed by atoms with van der Waals surface area (Å²) in [5.41, 5.74) is 4.93. The summed E-state index contributed by atoms with van der Waals surface area (Å²) in [7, 11) is 1.69. The van der Waals surface area contributed by atoms with Gasteiger partial charge in [-0.25, -0.2) is 0 Å². The van der Waals surface area contributed by atoms with Crippen LogP contribution in [0.4, 0.5) is 0 Å². The minimum atomic E-state index is 0.285. The summed E-state index contributed by atoms with van der Waals surface area (Å²) in [4.78, 5) is 0. The van der Waals surface area contributed by atoms with Crippen LogP contribution in [0.15, 0.2) is 24.3 Å². The summed E-state index contributed by atoms with van der Waals surface area (Å²) in [6.07, 6.45) is 0. The number of benzene rings is 1. The van der Waals surface area contributed by atoms with E-state index in [9.17, 15) is 0 Å². The molecular formula is C17H25N3O. The topological polar surface area (TPSA) is 39.1 Å². The Labute approximate surface area is 127 Å². The number of nitrogens with zero attached hydrogens (tertiary/aromatic N) is 2. The highest BCUT2D eigenvalue weighted by atomic mass is 16.5. The lowest BCUT2D eigenvalue weighted by Crippen LogP contribution is -2.19. The first-order valence-corrected chi connectivity index (χ1v) is 7.47. The second-order valence-corrected chi connectivity index (χ2v) is 5.35. The molecule has 21 heavy (non-hydrogen) atoms. The number of rotatable bonds is 6. The molecular weight excluding hydrogens is 262 g/mol. The van der Waals surface area contributed by atoms with Crippen molar-refractivity contribution in [2.24, 2.45) is 0 Å². The average Bonchev–Trinajstić information content (AvgIpc) is 2.79. The minimum absolute atomic E-state index is 0.285. The Morgan fingerprint density at radius 3 is 2.43 bits per heavy atom. The second-order valence-electron chi connectivity index (χ2n) is 5.35. The van der Waals surface area contributed by atoms with Crippen LogP contribution in [0, 0.1) is 13.8 Å². The first kappa shape index (κ1) is 15.6. The Morgan fingerprint density at radius 2 is 1.90 bits per heavy atom. The van der Waals surface area contributed by atoms with Gasteiger partial charge in [0.1, 0.15) is 5.75 Å². The highest BCUT2D eigenvalue weighted by Crippen LogP contribution is 2.22. The molecule has 114 valence electrons. The van der Waals surface area contributed by atoms with Crippen molar-refractivity contribution in [1.29, 1.82) is 0 Å². The smallest absolute Gasteiger partial charge is 0.118 e. The maximum Gasteiger partial charge on any atom is 0.118 e. The molecule has 4 heteroatoms. The Morgan fingerprint density at radius 1 is 1.24 bits per heavy atom. The first-order chi connectivity index (χ1) is 10.1. The highest BCUT2D eigenvalue weighted by molar-refractivity contribution is 5.29. The molecule has 0 aliphatic rings. The van der Waals surface area contributed by atoms with Crippen molar-refractivity contribution in [2.75, 3.05) is 7.11 Å². The Bertz CT molecular complexity index is 587. The summed E-state index contributed by atoms with van der Waals surface area (Å²) < 4.78 is 7.24. The zero-order valence-electron chi connectivity index (χ0n) is 13.6. The first-order valence-electron chi connectivity index (χ1n) is 7.47. The van der Waals surface area contributed by atoms with E-state index < -0.39 is 0 Å². The normalized spacial score (nSPS) is 12.4. The van der Waals surface area contributed by atoms with Crippen molar-refractivity contribution >= 4 is 0 Å². The van der Waals surface area contributed by atoms with Gasteiger partial charge in [-0.3, -0.25) is 4.68 Å². The number of ether oxygens (including phenoxy) is 1. The van der Waals surface area contributed by atoms with Crippen LogP contribution in [-0.2, 0) is 13.1 Å². The van der Waals surface area contributed by atoms with Gasteiger partial charge < -0.3 is 10.1 Å². The van der Waals surface area contributed by atoms with E-state index in [-0.39, 0.29) is 6.04 Å². The van der Waals surface area contributed by atoms with Crippen LogP contribution in [0.2, 0.25) is 0 Å². The van der Waals surface area contributed by atoms with E-state index in [2.05, 4.69) is 54.9 Å². The largest absolute Gasteiger partial charge is 0.497 e. The molecule has 0 spiro atoms. The van der Waals surface area contributed by atoms with E-state index in [1.54, 1.807) is 7.11 Å². The van der Waals surface area contributed by atoms with Gasteiger partial charge in [-0.1, -0.05) is 12.1 Å². The fourth-order valence-corrected chi connectivity index (χ4v) is 2.76. The van der Waals surface area contributed by atoms with E-state index in [0.717, 1.165) is 24.5 Å². The van der Waals surface area contributed by atoms with Crippen LogP contribution >= 0.6 is 0 Å². The predicted octanol–water partition coefficient (Wildman–Crippen LogP) is 3.38. The third-order valence-electron chi connectivity index (χ3n) is 3.94. The van der Waals surface area contributed by atoms with Crippen molar-refractivity contribution in [3.63, 3.8) is 0 Å². The molecule has 1 aromatic carbocycles. The molecule has 1 N–H and O–H groups in total. The van der Waals surface area contributed by atoms with Crippen molar-refractivity contribution in [3.05, 3.63) is 46.8 Å². The van der Waals surface area contributed by atoms with E-state index in [0.29, 0.717) is 0 Å². The fourth-order valence-electron chi connectivity index (χ4n) is 2.76. The zero-order chi connectivity index (χ0) is 15.4. The lowest BCUT2D eigenvalue weighted by atomic mass is 10.1. The summed E-state index contributed by atoms with van der Waals surface area (Å²) in [5.74, 6) is 0.891. The SMILES string of the molecule is CCn1nc(C)c(C(C)NCc2ccc(OC)cc2)c1C. The predicted molar refractivity (Wildman–Crippen MR) is 85.6 cm³/mol. The standard InChI is InChI=1S/C17H25N3O/c1-6-20-14(4)17(13(3)19-20)12(2)18-11-15-7-9-16(21-5)10-8-15/h7-10,12,18H,6,11H2,1-5H3. The molecule has 4 nitrogen and oxygen atoms in total. The van der Waals surface area contributed by atoms with Gasteiger partial charge in [0.15, 0.2) is 0 Å². The molecule has 0 amide bonds. The maximum absolute atomic E-state index is 5.18. The van der Waals surface area contributed by atoms with E-state index in [1.165, 1.54) is 16.8 Å². The minimum Gasteiger partial charge on any atom is -0.497 e. The average molecular weight is 287 g/mol. The molecule has 0 aliphatic heterocycles. The van der Waals surface area contributed by atoms with Crippen LogP contribution in [0.5, 0.6) is 5.75 Å². The monoisotopic (exact) mass is 287 g/mol. The quantitative estimate of drug-likeness (QED) is 0.885. The number of aromatic nitrogens is 2. The van der Waals surface area contributed by atoms with E-state index in [1.807, 2.05) is 12.1 Å². The molecule has 2 rings (SSSR count). The number of aryl methyl sites for hydroxylation is 2. The molecule has 1 heterocycles. The van der Waals surface area contributed by atoms with Crippen molar-refractivity contribution in [1.82, 2.24) is 15.1 Å². The third-order valence-corrected chi connectivity index (χ3v) is 3.94. The van der Waals surface area contributed by atoms with Crippen LogP contribution in [-0.4, -0.2) is 16.9 Å². The van der Waals surface area contributed by atoms with Crippen LogP contribution in [0.3, 0.4) is 0 Å². The van der Waals surface area contributed by atoms with Gasteiger partial charge in [0, 0.05) is 30.4 Å². The van der Waals surface area contributed by atoms with Crippen molar-refractivity contribution in [3.8, 4) is 5.75 Å². The van der Waals surface area contributed by atoms with Gasteiger partial charge in [0.25, 0.3) is 0 Å². The number of methoxy groups -OCH3 is 1. The summed E-state index contributed by atoms with van der Waals surface area (Å²) >= 11 is 0. The molecule has 1 aromatic heterocycles. The Balaban J connectivity index is 2.04. The molecule has 1 unspecified atom stereocenters. The van der Waals surface area contributed by atoms with Gasteiger partial charge in [-0.15, -0.1) is 0 Å². The molecule has 1 atom stereocenters. The molecule has 0 saturated carbocycles. The van der Waals surface area contributed by atoms with Gasteiger partial charge in [0.05, 0.1) is 12.8 Å². The number of hydrogen-bond donors (Lipinski definition) is 1. The lowest BCUT2D eigenvalue weighted by Gasteiger charge is -2.15. The van der Waals surface area contributed by atoms with Crippen molar-refractivity contribution < 1.29 is 4.74 Å². The molecule has 0 radical (unpaired) electrons. The number of nitrogens with one attached hydrogen (secondary N) is 1. The van der Waals surface area contributed by atoms with Gasteiger partial charge in [0.2, 0.25) is 0 Å². The second kappa shape index (κ2) is 6.76. The molecule has 2 aromatic rings. The zero-order valence-corrected chi connectivity index (χ0v) is 13.6. The van der Waals surface area contributed by atoms with E-state index in [4.69, 9.17) is 4.74 Å².